The Bertz CT molecular complexity index is 485. The Kier molecular flexibility index (Phi) is 3.71. The van der Waals surface area contributed by atoms with E-state index in [2.05, 4.69) is 10.3 Å². The molecule has 0 aliphatic carbocycles. The van der Waals surface area contributed by atoms with Crippen molar-refractivity contribution in [2.45, 2.75) is 19.5 Å². The van der Waals surface area contributed by atoms with E-state index < -0.39 is 0 Å². The van der Waals surface area contributed by atoms with Crippen LogP contribution in [-0.4, -0.2) is 4.98 Å². The van der Waals surface area contributed by atoms with Crippen molar-refractivity contribution in [1.82, 2.24) is 10.3 Å². The van der Waals surface area contributed by atoms with E-state index in [0.717, 1.165) is 10.6 Å². The van der Waals surface area contributed by atoms with Crippen molar-refractivity contribution >= 4 is 17.0 Å². The lowest BCUT2D eigenvalue weighted by Crippen LogP contribution is -2.18. The molecule has 0 aliphatic rings. The van der Waals surface area contributed by atoms with Crippen molar-refractivity contribution in [3.63, 3.8) is 0 Å². The molecule has 17 heavy (non-hydrogen) atoms. The first-order valence-corrected chi connectivity index (χ1v) is 6.21. The second-order valence-electron chi connectivity index (χ2n) is 3.83. The lowest BCUT2D eigenvalue weighted by Gasteiger charge is -2.11. The van der Waals surface area contributed by atoms with Crippen LogP contribution in [0.5, 0.6) is 0 Å². The van der Waals surface area contributed by atoms with Gasteiger partial charge in [0.2, 0.25) is 0 Å². The molecule has 2 rings (SSSR count). The third kappa shape index (κ3) is 3.01. The minimum absolute atomic E-state index is 0.163. The fourth-order valence-corrected chi connectivity index (χ4v) is 2.16. The van der Waals surface area contributed by atoms with E-state index in [9.17, 15) is 4.39 Å². The van der Waals surface area contributed by atoms with Gasteiger partial charge in [0.15, 0.2) is 0 Å². The Labute approximate surface area is 103 Å². The van der Waals surface area contributed by atoms with Gasteiger partial charge < -0.3 is 11.1 Å². The molecule has 0 saturated heterocycles. The Morgan fingerprint density at radius 3 is 3.00 bits per heavy atom. The summed E-state index contributed by atoms with van der Waals surface area (Å²) in [5.41, 5.74) is 6.48. The first kappa shape index (κ1) is 12.0. The molecule has 0 spiro atoms. The Balaban J connectivity index is 1.96. The van der Waals surface area contributed by atoms with Gasteiger partial charge in [0.25, 0.3) is 0 Å². The van der Waals surface area contributed by atoms with Crippen molar-refractivity contribution in [3.05, 3.63) is 46.2 Å². The van der Waals surface area contributed by atoms with E-state index in [4.69, 9.17) is 5.73 Å². The van der Waals surface area contributed by atoms with Crippen molar-refractivity contribution in [3.8, 4) is 0 Å². The number of benzene rings is 1. The van der Waals surface area contributed by atoms with Gasteiger partial charge in [-0.2, -0.15) is 0 Å². The summed E-state index contributed by atoms with van der Waals surface area (Å²) in [5.74, 6) is -0.369. The molecule has 0 aliphatic heterocycles. The van der Waals surface area contributed by atoms with Gasteiger partial charge in [0.05, 0.1) is 11.7 Å². The SMILES string of the molecule is CC(NCc1ccc(N)c(F)c1)c1nccs1. The monoisotopic (exact) mass is 251 g/mol. The lowest BCUT2D eigenvalue weighted by atomic mass is 10.2. The zero-order valence-corrected chi connectivity index (χ0v) is 10.3. The summed E-state index contributed by atoms with van der Waals surface area (Å²) in [5, 5.41) is 6.26. The summed E-state index contributed by atoms with van der Waals surface area (Å²) in [6, 6.07) is 5.02. The molecule has 2 aromatic rings. The molecule has 1 aromatic carbocycles. The fourth-order valence-electron chi connectivity index (χ4n) is 1.49. The Morgan fingerprint density at radius 2 is 2.35 bits per heavy atom. The maximum atomic E-state index is 13.2. The van der Waals surface area contributed by atoms with Gasteiger partial charge in [-0.25, -0.2) is 9.37 Å². The minimum Gasteiger partial charge on any atom is -0.396 e. The number of hydrogen-bond donors (Lipinski definition) is 2. The highest BCUT2D eigenvalue weighted by molar-refractivity contribution is 7.09. The van der Waals surface area contributed by atoms with Crippen LogP contribution >= 0.6 is 11.3 Å². The van der Waals surface area contributed by atoms with Crippen LogP contribution in [-0.2, 0) is 6.54 Å². The zero-order valence-electron chi connectivity index (χ0n) is 9.48. The molecule has 1 unspecified atom stereocenters. The highest BCUT2D eigenvalue weighted by Gasteiger charge is 2.07. The molecule has 0 amide bonds. The van der Waals surface area contributed by atoms with E-state index in [0.29, 0.717) is 6.54 Å². The predicted molar refractivity (Wildman–Crippen MR) is 68.2 cm³/mol. The number of nitrogens with zero attached hydrogens (tertiary/aromatic N) is 1. The van der Waals surface area contributed by atoms with Crippen LogP contribution < -0.4 is 11.1 Å². The molecule has 5 heteroatoms. The number of nitrogens with two attached hydrogens (primary N) is 1. The van der Waals surface area contributed by atoms with E-state index >= 15 is 0 Å². The molecular weight excluding hydrogens is 237 g/mol. The van der Waals surface area contributed by atoms with Crippen LogP contribution in [0.25, 0.3) is 0 Å². The number of rotatable bonds is 4. The van der Waals surface area contributed by atoms with Crippen LogP contribution in [0.1, 0.15) is 23.5 Å². The highest BCUT2D eigenvalue weighted by Crippen LogP contribution is 2.16. The summed E-state index contributed by atoms with van der Waals surface area (Å²) in [7, 11) is 0. The smallest absolute Gasteiger partial charge is 0.146 e. The van der Waals surface area contributed by atoms with Gasteiger partial charge in [-0.05, 0) is 24.6 Å². The van der Waals surface area contributed by atoms with Gasteiger partial charge in [-0.1, -0.05) is 6.07 Å². The van der Waals surface area contributed by atoms with Crippen molar-refractivity contribution in [1.29, 1.82) is 0 Å². The summed E-state index contributed by atoms with van der Waals surface area (Å²) in [4.78, 5) is 4.22. The van der Waals surface area contributed by atoms with Crippen LogP contribution in [0.2, 0.25) is 0 Å². The minimum atomic E-state index is -0.369. The quantitative estimate of drug-likeness (QED) is 0.821. The number of anilines is 1. The number of nitrogens with one attached hydrogen (secondary N) is 1. The summed E-state index contributed by atoms with van der Waals surface area (Å²) in [6.45, 7) is 2.63. The van der Waals surface area contributed by atoms with Crippen LogP contribution in [0.3, 0.4) is 0 Å². The van der Waals surface area contributed by atoms with Crippen molar-refractivity contribution in [2.75, 3.05) is 5.73 Å². The van der Waals surface area contributed by atoms with Gasteiger partial charge in [0.1, 0.15) is 10.8 Å². The number of thiazole rings is 1. The van der Waals surface area contributed by atoms with Crippen LogP contribution in [0.15, 0.2) is 29.8 Å². The molecule has 3 nitrogen and oxygen atoms in total. The molecule has 0 fully saturated rings. The highest BCUT2D eigenvalue weighted by atomic mass is 32.1. The van der Waals surface area contributed by atoms with E-state index in [1.807, 2.05) is 18.4 Å². The number of halogens is 1. The summed E-state index contributed by atoms with van der Waals surface area (Å²) >= 11 is 1.60. The van der Waals surface area contributed by atoms with Crippen LogP contribution in [0, 0.1) is 5.82 Å². The number of aromatic nitrogens is 1. The first-order valence-electron chi connectivity index (χ1n) is 5.33. The van der Waals surface area contributed by atoms with Gasteiger partial charge in [0, 0.05) is 18.1 Å². The second-order valence-corrected chi connectivity index (χ2v) is 4.75. The average Bonchev–Trinajstić information content (AvgIpc) is 2.84. The molecular formula is C12H14FN3S. The summed E-state index contributed by atoms with van der Waals surface area (Å²) < 4.78 is 13.2. The van der Waals surface area contributed by atoms with Crippen LogP contribution in [0.4, 0.5) is 10.1 Å². The molecule has 0 bridgehead atoms. The fraction of sp³-hybridized carbons (Fsp3) is 0.250. The maximum Gasteiger partial charge on any atom is 0.146 e. The van der Waals surface area contributed by atoms with Crippen molar-refractivity contribution in [2.24, 2.45) is 0 Å². The molecule has 90 valence electrons. The molecule has 3 N–H and O–H groups in total. The van der Waals surface area contributed by atoms with E-state index in [1.165, 1.54) is 6.07 Å². The standard InChI is InChI=1S/C12H14FN3S/c1-8(12-15-4-5-17-12)16-7-9-2-3-11(14)10(13)6-9/h2-6,8,16H,7,14H2,1H3. The third-order valence-corrected chi connectivity index (χ3v) is 3.46. The van der Waals surface area contributed by atoms with Gasteiger partial charge in [-0.3, -0.25) is 0 Å². The number of nitrogen functional groups attached to an aromatic ring is 1. The predicted octanol–water partition coefficient (Wildman–Crippen LogP) is 2.72. The van der Waals surface area contributed by atoms with E-state index in [-0.39, 0.29) is 17.5 Å². The lowest BCUT2D eigenvalue weighted by molar-refractivity contribution is 0.567. The number of hydrogen-bond acceptors (Lipinski definition) is 4. The Morgan fingerprint density at radius 1 is 1.53 bits per heavy atom. The van der Waals surface area contributed by atoms with Gasteiger partial charge in [-0.15, -0.1) is 11.3 Å². The van der Waals surface area contributed by atoms with Crippen molar-refractivity contribution < 1.29 is 4.39 Å². The second kappa shape index (κ2) is 5.25. The average molecular weight is 251 g/mol. The molecule has 1 heterocycles. The molecule has 1 atom stereocenters. The van der Waals surface area contributed by atoms with E-state index in [1.54, 1.807) is 23.6 Å². The largest absolute Gasteiger partial charge is 0.396 e. The first-order chi connectivity index (χ1) is 8.16. The zero-order chi connectivity index (χ0) is 12.3. The Hall–Kier alpha value is -1.46. The maximum absolute atomic E-state index is 13.2. The van der Waals surface area contributed by atoms with Gasteiger partial charge >= 0.3 is 0 Å². The molecule has 0 radical (unpaired) electrons. The normalized spacial score (nSPS) is 12.6. The topological polar surface area (TPSA) is 50.9 Å². The molecule has 1 aromatic heterocycles. The third-order valence-electron chi connectivity index (χ3n) is 2.50. The summed E-state index contributed by atoms with van der Waals surface area (Å²) in [6.07, 6.45) is 1.78. The molecule has 0 saturated carbocycles.